The highest BCUT2D eigenvalue weighted by Crippen LogP contribution is 2.20. The standard InChI is InChI=1S/C16H24N2O2/c1-4-18-10-6-9-14(11-18)20-16(19)17-15-12(2)7-5-8-13(15)3/h5,7-8,14H,4,6,9-11H2,1-3H3,(H,17,19). The quantitative estimate of drug-likeness (QED) is 0.920. The fourth-order valence-electron chi connectivity index (χ4n) is 2.69. The van der Waals surface area contributed by atoms with Gasteiger partial charge in [-0.15, -0.1) is 0 Å². The number of anilines is 1. The Morgan fingerprint density at radius 3 is 2.75 bits per heavy atom. The number of hydrogen-bond acceptors (Lipinski definition) is 3. The van der Waals surface area contributed by atoms with Gasteiger partial charge in [0.1, 0.15) is 6.10 Å². The topological polar surface area (TPSA) is 41.6 Å². The second-order valence-corrected chi connectivity index (χ2v) is 5.45. The van der Waals surface area contributed by atoms with E-state index in [0.717, 1.165) is 49.3 Å². The lowest BCUT2D eigenvalue weighted by Crippen LogP contribution is -2.41. The average Bonchev–Trinajstić information content (AvgIpc) is 2.43. The number of likely N-dealkylation sites (tertiary alicyclic amines) is 1. The van der Waals surface area contributed by atoms with Gasteiger partial charge >= 0.3 is 6.09 Å². The zero-order valence-corrected chi connectivity index (χ0v) is 12.6. The highest BCUT2D eigenvalue weighted by atomic mass is 16.6. The fraction of sp³-hybridized carbons (Fsp3) is 0.562. The summed E-state index contributed by atoms with van der Waals surface area (Å²) in [7, 11) is 0. The largest absolute Gasteiger partial charge is 0.445 e. The van der Waals surface area contributed by atoms with Gasteiger partial charge in [-0.05, 0) is 50.9 Å². The summed E-state index contributed by atoms with van der Waals surface area (Å²) in [6.07, 6.45) is 1.71. The highest BCUT2D eigenvalue weighted by Gasteiger charge is 2.22. The van der Waals surface area contributed by atoms with Gasteiger partial charge in [0, 0.05) is 12.2 Å². The van der Waals surface area contributed by atoms with Crippen LogP contribution in [0.5, 0.6) is 0 Å². The number of likely N-dealkylation sites (N-methyl/N-ethyl adjacent to an activating group) is 1. The number of piperidine rings is 1. The smallest absolute Gasteiger partial charge is 0.411 e. The van der Waals surface area contributed by atoms with E-state index < -0.39 is 0 Å². The lowest BCUT2D eigenvalue weighted by atomic mass is 10.1. The van der Waals surface area contributed by atoms with Crippen LogP contribution in [0.25, 0.3) is 0 Å². The summed E-state index contributed by atoms with van der Waals surface area (Å²) in [5.74, 6) is 0. The van der Waals surface area contributed by atoms with E-state index in [1.807, 2.05) is 32.0 Å². The molecule has 0 aliphatic carbocycles. The van der Waals surface area contributed by atoms with Gasteiger partial charge in [-0.3, -0.25) is 10.2 Å². The monoisotopic (exact) mass is 276 g/mol. The summed E-state index contributed by atoms with van der Waals surface area (Å²) >= 11 is 0. The summed E-state index contributed by atoms with van der Waals surface area (Å²) < 4.78 is 5.55. The number of carbonyl (C=O) groups is 1. The summed E-state index contributed by atoms with van der Waals surface area (Å²) in [5, 5.41) is 2.88. The van der Waals surface area contributed by atoms with Crippen LogP contribution < -0.4 is 5.32 Å². The molecule has 2 rings (SSSR count). The van der Waals surface area contributed by atoms with Crippen molar-refractivity contribution >= 4 is 11.8 Å². The molecular weight excluding hydrogens is 252 g/mol. The van der Waals surface area contributed by atoms with E-state index >= 15 is 0 Å². The number of carbonyl (C=O) groups excluding carboxylic acids is 1. The summed E-state index contributed by atoms with van der Waals surface area (Å²) in [4.78, 5) is 14.3. The van der Waals surface area contributed by atoms with Crippen molar-refractivity contribution in [2.75, 3.05) is 25.0 Å². The average molecular weight is 276 g/mol. The Bertz CT molecular complexity index is 453. The molecular formula is C16H24N2O2. The normalized spacial score (nSPS) is 19.6. The van der Waals surface area contributed by atoms with Crippen LogP contribution >= 0.6 is 0 Å². The van der Waals surface area contributed by atoms with Crippen molar-refractivity contribution in [1.29, 1.82) is 0 Å². The minimum Gasteiger partial charge on any atom is -0.445 e. The van der Waals surface area contributed by atoms with E-state index in [0.29, 0.717) is 0 Å². The molecule has 1 amide bonds. The lowest BCUT2D eigenvalue weighted by molar-refractivity contribution is 0.0519. The first kappa shape index (κ1) is 14.9. The summed E-state index contributed by atoms with van der Waals surface area (Å²) in [6, 6.07) is 5.96. The Morgan fingerprint density at radius 2 is 2.10 bits per heavy atom. The van der Waals surface area contributed by atoms with Gasteiger partial charge in [-0.2, -0.15) is 0 Å². The van der Waals surface area contributed by atoms with Gasteiger partial charge in [-0.1, -0.05) is 25.1 Å². The number of rotatable bonds is 3. The molecule has 0 saturated carbocycles. The zero-order chi connectivity index (χ0) is 14.5. The third kappa shape index (κ3) is 3.73. The maximum Gasteiger partial charge on any atom is 0.411 e. The van der Waals surface area contributed by atoms with Crippen LogP contribution in [0.1, 0.15) is 30.9 Å². The molecule has 1 fully saturated rings. The number of benzene rings is 1. The maximum atomic E-state index is 12.0. The van der Waals surface area contributed by atoms with Crippen molar-refractivity contribution in [3.05, 3.63) is 29.3 Å². The first-order valence-corrected chi connectivity index (χ1v) is 7.36. The van der Waals surface area contributed by atoms with Crippen LogP contribution in [0, 0.1) is 13.8 Å². The van der Waals surface area contributed by atoms with Crippen LogP contribution in [0.4, 0.5) is 10.5 Å². The van der Waals surface area contributed by atoms with Gasteiger partial charge in [-0.25, -0.2) is 4.79 Å². The summed E-state index contributed by atoms with van der Waals surface area (Å²) in [5.41, 5.74) is 2.97. The van der Waals surface area contributed by atoms with Crippen molar-refractivity contribution < 1.29 is 9.53 Å². The van der Waals surface area contributed by atoms with E-state index in [9.17, 15) is 4.79 Å². The molecule has 1 aromatic rings. The van der Waals surface area contributed by atoms with Crippen molar-refractivity contribution in [2.45, 2.75) is 39.7 Å². The second kappa shape index (κ2) is 6.75. The second-order valence-electron chi connectivity index (χ2n) is 5.45. The highest BCUT2D eigenvalue weighted by molar-refractivity contribution is 5.86. The molecule has 1 aromatic carbocycles. The van der Waals surface area contributed by atoms with E-state index in [-0.39, 0.29) is 12.2 Å². The van der Waals surface area contributed by atoms with Crippen molar-refractivity contribution in [1.82, 2.24) is 4.90 Å². The van der Waals surface area contributed by atoms with Crippen LogP contribution in [0.3, 0.4) is 0 Å². The molecule has 1 heterocycles. The molecule has 0 aromatic heterocycles. The van der Waals surface area contributed by atoms with Crippen LogP contribution in [-0.4, -0.2) is 36.7 Å². The first-order valence-electron chi connectivity index (χ1n) is 7.36. The van der Waals surface area contributed by atoms with Crippen LogP contribution in [0.15, 0.2) is 18.2 Å². The Hall–Kier alpha value is -1.55. The van der Waals surface area contributed by atoms with Gasteiger partial charge in [0.05, 0.1) is 0 Å². The van der Waals surface area contributed by atoms with Crippen molar-refractivity contribution in [2.24, 2.45) is 0 Å². The minimum absolute atomic E-state index is 0.00743. The molecule has 20 heavy (non-hydrogen) atoms. The Kier molecular flexibility index (Phi) is 5.01. The lowest BCUT2D eigenvalue weighted by Gasteiger charge is -2.31. The number of aryl methyl sites for hydroxylation is 2. The third-order valence-corrected chi connectivity index (χ3v) is 3.89. The first-order chi connectivity index (χ1) is 9.60. The summed E-state index contributed by atoms with van der Waals surface area (Å²) in [6.45, 7) is 9.08. The van der Waals surface area contributed by atoms with Crippen LogP contribution in [0.2, 0.25) is 0 Å². The van der Waals surface area contributed by atoms with Gasteiger partial charge in [0.2, 0.25) is 0 Å². The molecule has 1 aliphatic rings. The molecule has 1 N–H and O–H groups in total. The van der Waals surface area contributed by atoms with Crippen LogP contribution in [-0.2, 0) is 4.74 Å². The fourth-order valence-corrected chi connectivity index (χ4v) is 2.69. The maximum absolute atomic E-state index is 12.0. The minimum atomic E-state index is -0.342. The number of hydrogen-bond donors (Lipinski definition) is 1. The predicted octanol–water partition coefficient (Wildman–Crippen LogP) is 3.34. The zero-order valence-electron chi connectivity index (χ0n) is 12.6. The van der Waals surface area contributed by atoms with E-state index in [1.54, 1.807) is 0 Å². The Morgan fingerprint density at radius 1 is 1.40 bits per heavy atom. The molecule has 1 saturated heterocycles. The number of para-hydroxylation sites is 1. The molecule has 4 heteroatoms. The van der Waals surface area contributed by atoms with E-state index in [4.69, 9.17) is 4.74 Å². The number of nitrogens with one attached hydrogen (secondary N) is 1. The van der Waals surface area contributed by atoms with Crippen molar-refractivity contribution in [3.63, 3.8) is 0 Å². The number of ether oxygens (including phenoxy) is 1. The van der Waals surface area contributed by atoms with E-state index in [1.165, 1.54) is 0 Å². The molecule has 110 valence electrons. The van der Waals surface area contributed by atoms with Crippen molar-refractivity contribution in [3.8, 4) is 0 Å². The number of amides is 1. The molecule has 4 nitrogen and oxygen atoms in total. The van der Waals surface area contributed by atoms with Gasteiger partial charge in [0.25, 0.3) is 0 Å². The predicted molar refractivity (Wildman–Crippen MR) is 81.2 cm³/mol. The SMILES string of the molecule is CCN1CCCC(OC(=O)Nc2c(C)cccc2C)C1. The number of nitrogens with zero attached hydrogens (tertiary/aromatic N) is 1. The molecule has 1 atom stereocenters. The molecule has 0 spiro atoms. The molecule has 0 bridgehead atoms. The van der Waals surface area contributed by atoms with E-state index in [2.05, 4.69) is 17.1 Å². The van der Waals surface area contributed by atoms with Gasteiger partial charge in [0.15, 0.2) is 0 Å². The Labute approximate surface area is 121 Å². The Balaban J connectivity index is 1.92. The molecule has 1 aliphatic heterocycles. The molecule has 0 radical (unpaired) electrons. The third-order valence-electron chi connectivity index (χ3n) is 3.89. The molecule has 1 unspecified atom stereocenters. The van der Waals surface area contributed by atoms with Gasteiger partial charge < -0.3 is 4.74 Å².